The lowest BCUT2D eigenvalue weighted by Crippen LogP contribution is -2.51. The fourth-order valence-electron chi connectivity index (χ4n) is 2.96. The molecule has 1 aliphatic heterocycles. The fourth-order valence-corrected chi connectivity index (χ4v) is 3.09. The van der Waals surface area contributed by atoms with Crippen molar-refractivity contribution in [2.24, 2.45) is 0 Å². The zero-order valence-electron chi connectivity index (χ0n) is 14.6. The van der Waals surface area contributed by atoms with Gasteiger partial charge in [-0.2, -0.15) is 5.10 Å². The summed E-state index contributed by atoms with van der Waals surface area (Å²) in [5.41, 5.74) is 1.85. The standard InChI is InChI=1S/C16H28ClN5O/c1-12-16(17)13(2)22(19-12)7-5-6-18-15(23)10-14-11-20(3)8-9-21(14)4/h14H,5-11H2,1-4H3,(H,18,23). The Morgan fingerprint density at radius 1 is 1.35 bits per heavy atom. The molecule has 1 fully saturated rings. The lowest BCUT2D eigenvalue weighted by molar-refractivity contribution is -0.122. The predicted octanol–water partition coefficient (Wildman–Crippen LogP) is 1.30. The van der Waals surface area contributed by atoms with Gasteiger partial charge in [-0.25, -0.2) is 0 Å². The van der Waals surface area contributed by atoms with Crippen LogP contribution in [0.1, 0.15) is 24.2 Å². The normalized spacial score (nSPS) is 20.0. The molecule has 0 aliphatic carbocycles. The Bertz CT molecular complexity index is 545. The van der Waals surface area contributed by atoms with Crippen LogP contribution in [0.5, 0.6) is 0 Å². The van der Waals surface area contributed by atoms with E-state index in [1.807, 2.05) is 18.5 Å². The number of halogens is 1. The van der Waals surface area contributed by atoms with Gasteiger partial charge in [0, 0.05) is 45.2 Å². The van der Waals surface area contributed by atoms with Crippen LogP contribution in [0.4, 0.5) is 0 Å². The third-order valence-electron chi connectivity index (χ3n) is 4.56. The zero-order valence-corrected chi connectivity index (χ0v) is 15.4. The minimum absolute atomic E-state index is 0.128. The summed E-state index contributed by atoms with van der Waals surface area (Å²) >= 11 is 6.13. The van der Waals surface area contributed by atoms with Gasteiger partial charge in [-0.15, -0.1) is 0 Å². The summed E-state index contributed by atoms with van der Waals surface area (Å²) in [6.07, 6.45) is 1.41. The number of aryl methyl sites for hydroxylation is 2. The molecule has 2 rings (SSSR count). The summed E-state index contributed by atoms with van der Waals surface area (Å²) in [6, 6.07) is 0.309. The highest BCUT2D eigenvalue weighted by atomic mass is 35.5. The Balaban J connectivity index is 1.69. The van der Waals surface area contributed by atoms with Crippen molar-refractivity contribution in [3.05, 3.63) is 16.4 Å². The summed E-state index contributed by atoms with van der Waals surface area (Å²) in [5.74, 6) is 0.128. The second-order valence-corrected chi connectivity index (χ2v) is 6.89. The summed E-state index contributed by atoms with van der Waals surface area (Å²) in [4.78, 5) is 16.7. The number of carbonyl (C=O) groups is 1. The first-order chi connectivity index (χ1) is 10.9. The van der Waals surface area contributed by atoms with Crippen LogP contribution >= 0.6 is 11.6 Å². The van der Waals surface area contributed by atoms with E-state index in [-0.39, 0.29) is 5.91 Å². The van der Waals surface area contributed by atoms with Crippen molar-refractivity contribution in [1.29, 1.82) is 0 Å². The van der Waals surface area contributed by atoms with Crippen molar-refractivity contribution >= 4 is 17.5 Å². The van der Waals surface area contributed by atoms with Crippen LogP contribution in [-0.2, 0) is 11.3 Å². The Labute approximate surface area is 143 Å². The van der Waals surface area contributed by atoms with E-state index in [4.69, 9.17) is 11.6 Å². The molecule has 0 spiro atoms. The Hall–Kier alpha value is -1.11. The molecule has 2 heterocycles. The van der Waals surface area contributed by atoms with Gasteiger partial charge in [0.05, 0.1) is 16.4 Å². The lowest BCUT2D eigenvalue weighted by atomic mass is 10.1. The maximum Gasteiger partial charge on any atom is 0.221 e. The van der Waals surface area contributed by atoms with E-state index in [0.29, 0.717) is 19.0 Å². The third-order valence-corrected chi connectivity index (χ3v) is 5.11. The van der Waals surface area contributed by atoms with Crippen molar-refractivity contribution in [2.45, 2.75) is 39.3 Å². The minimum Gasteiger partial charge on any atom is -0.356 e. The average Bonchev–Trinajstić information content (AvgIpc) is 2.75. The molecule has 7 heteroatoms. The van der Waals surface area contributed by atoms with Crippen molar-refractivity contribution in [2.75, 3.05) is 40.3 Å². The molecule has 0 radical (unpaired) electrons. The van der Waals surface area contributed by atoms with E-state index in [1.54, 1.807) is 0 Å². The molecule has 1 unspecified atom stereocenters. The number of hydrogen-bond acceptors (Lipinski definition) is 4. The van der Waals surface area contributed by atoms with Gasteiger partial charge >= 0.3 is 0 Å². The van der Waals surface area contributed by atoms with Crippen molar-refractivity contribution in [3.8, 4) is 0 Å². The summed E-state index contributed by atoms with van der Waals surface area (Å²) in [5, 5.41) is 8.15. The van der Waals surface area contributed by atoms with Crippen molar-refractivity contribution in [3.63, 3.8) is 0 Å². The van der Waals surface area contributed by atoms with E-state index in [0.717, 1.165) is 49.0 Å². The number of aromatic nitrogens is 2. The van der Waals surface area contributed by atoms with Gasteiger partial charge in [-0.05, 0) is 34.4 Å². The first-order valence-corrected chi connectivity index (χ1v) is 8.61. The number of likely N-dealkylation sites (N-methyl/N-ethyl adjacent to an activating group) is 2. The van der Waals surface area contributed by atoms with Crippen molar-refractivity contribution in [1.82, 2.24) is 24.9 Å². The fraction of sp³-hybridized carbons (Fsp3) is 0.750. The van der Waals surface area contributed by atoms with E-state index >= 15 is 0 Å². The van der Waals surface area contributed by atoms with E-state index in [2.05, 4.69) is 34.3 Å². The molecular weight excluding hydrogens is 314 g/mol. The molecule has 1 amide bonds. The molecule has 0 saturated carbocycles. The maximum atomic E-state index is 12.1. The molecule has 0 aromatic carbocycles. The van der Waals surface area contributed by atoms with Gasteiger partial charge in [-0.1, -0.05) is 11.6 Å². The third kappa shape index (κ3) is 4.93. The van der Waals surface area contributed by atoms with Gasteiger partial charge in [-0.3, -0.25) is 9.48 Å². The van der Waals surface area contributed by atoms with Gasteiger partial charge in [0.2, 0.25) is 5.91 Å². The second-order valence-electron chi connectivity index (χ2n) is 6.51. The average molecular weight is 342 g/mol. The zero-order chi connectivity index (χ0) is 17.0. The molecule has 0 bridgehead atoms. The largest absolute Gasteiger partial charge is 0.356 e. The number of piperazine rings is 1. The molecule has 130 valence electrons. The number of carbonyl (C=O) groups excluding carboxylic acids is 1. The molecule has 23 heavy (non-hydrogen) atoms. The number of rotatable bonds is 6. The highest BCUT2D eigenvalue weighted by Gasteiger charge is 2.24. The molecule has 1 saturated heterocycles. The molecule has 1 aliphatic rings. The SMILES string of the molecule is Cc1nn(CCCNC(=O)CC2CN(C)CCN2C)c(C)c1Cl. The molecular formula is C16H28ClN5O. The van der Waals surface area contributed by atoms with Crippen LogP contribution < -0.4 is 5.32 Å². The second kappa shape index (κ2) is 8.13. The van der Waals surface area contributed by atoms with Gasteiger partial charge in [0.1, 0.15) is 0 Å². The van der Waals surface area contributed by atoms with Crippen LogP contribution in [-0.4, -0.2) is 71.8 Å². The van der Waals surface area contributed by atoms with E-state index in [9.17, 15) is 4.79 Å². The topological polar surface area (TPSA) is 53.4 Å². The number of nitrogens with zero attached hydrogens (tertiary/aromatic N) is 4. The first-order valence-electron chi connectivity index (χ1n) is 8.23. The van der Waals surface area contributed by atoms with Gasteiger partial charge < -0.3 is 15.1 Å². The predicted molar refractivity (Wildman–Crippen MR) is 92.9 cm³/mol. The van der Waals surface area contributed by atoms with Crippen LogP contribution in [0.3, 0.4) is 0 Å². The quantitative estimate of drug-likeness (QED) is 0.792. The van der Waals surface area contributed by atoms with Gasteiger partial charge in [0.15, 0.2) is 0 Å². The smallest absolute Gasteiger partial charge is 0.221 e. The monoisotopic (exact) mass is 341 g/mol. The maximum absolute atomic E-state index is 12.1. The Morgan fingerprint density at radius 3 is 2.74 bits per heavy atom. The number of amides is 1. The summed E-state index contributed by atoms with van der Waals surface area (Å²) < 4.78 is 1.91. The molecule has 6 nitrogen and oxygen atoms in total. The highest BCUT2D eigenvalue weighted by molar-refractivity contribution is 6.31. The first kappa shape index (κ1) is 18.2. The Kier molecular flexibility index (Phi) is 6.44. The van der Waals surface area contributed by atoms with Gasteiger partial charge in [0.25, 0.3) is 0 Å². The van der Waals surface area contributed by atoms with E-state index < -0.39 is 0 Å². The summed E-state index contributed by atoms with van der Waals surface area (Å²) in [7, 11) is 4.20. The molecule has 1 N–H and O–H groups in total. The lowest BCUT2D eigenvalue weighted by Gasteiger charge is -2.37. The molecule has 1 atom stereocenters. The van der Waals surface area contributed by atoms with Crippen molar-refractivity contribution < 1.29 is 4.79 Å². The molecule has 1 aromatic heterocycles. The summed E-state index contributed by atoms with van der Waals surface area (Å²) in [6.45, 7) is 8.36. The molecule has 1 aromatic rings. The van der Waals surface area contributed by atoms with Crippen LogP contribution in [0.25, 0.3) is 0 Å². The minimum atomic E-state index is 0.128. The van der Waals surface area contributed by atoms with Crippen LogP contribution in [0.2, 0.25) is 5.02 Å². The number of hydrogen-bond donors (Lipinski definition) is 1. The highest BCUT2D eigenvalue weighted by Crippen LogP contribution is 2.18. The van der Waals surface area contributed by atoms with Crippen LogP contribution in [0.15, 0.2) is 0 Å². The van der Waals surface area contributed by atoms with E-state index in [1.165, 1.54) is 0 Å². The van der Waals surface area contributed by atoms with Crippen LogP contribution in [0, 0.1) is 13.8 Å². The number of nitrogens with one attached hydrogen (secondary N) is 1. The Morgan fingerprint density at radius 2 is 2.09 bits per heavy atom.